The van der Waals surface area contributed by atoms with E-state index in [1.54, 1.807) is 12.3 Å². The van der Waals surface area contributed by atoms with Crippen molar-refractivity contribution in [3.63, 3.8) is 0 Å². The highest BCUT2D eigenvalue weighted by Crippen LogP contribution is 2.34. The van der Waals surface area contributed by atoms with Crippen molar-refractivity contribution in [3.8, 4) is 17.1 Å². The summed E-state index contributed by atoms with van der Waals surface area (Å²) in [5.41, 5.74) is 5.61. The minimum atomic E-state index is -0.538. The van der Waals surface area contributed by atoms with E-state index < -0.39 is 6.04 Å². The van der Waals surface area contributed by atoms with Crippen molar-refractivity contribution in [2.75, 3.05) is 13.7 Å². The van der Waals surface area contributed by atoms with Crippen molar-refractivity contribution in [1.29, 1.82) is 0 Å². The average Bonchev–Trinajstić information content (AvgIpc) is 3.26. The van der Waals surface area contributed by atoms with Crippen LogP contribution in [0.5, 0.6) is 5.75 Å². The van der Waals surface area contributed by atoms with Crippen LogP contribution in [0.3, 0.4) is 0 Å². The van der Waals surface area contributed by atoms with Crippen LogP contribution in [-0.2, 0) is 9.53 Å². The Kier molecular flexibility index (Phi) is 7.98. The summed E-state index contributed by atoms with van der Waals surface area (Å²) in [6, 6.07) is 18.7. The van der Waals surface area contributed by atoms with Crippen molar-refractivity contribution in [3.05, 3.63) is 93.4 Å². The van der Waals surface area contributed by atoms with Gasteiger partial charge in [-0.15, -0.1) is 0 Å². The molecule has 0 aliphatic carbocycles. The minimum absolute atomic E-state index is 0.195. The summed E-state index contributed by atoms with van der Waals surface area (Å²) < 4.78 is 14.3. The standard InChI is InChI=1S/C34H36N4O4/c1-8-42-31-17-21(4)27(18-26(31)20(2)3)32-36-29-15-11-9-14-25(29)33(39)38(32)35-19-28-22(5)37(23(6)34(40)41-7)30-16-12-10-13-24(28)30/h9-20,23H,8H2,1-7H3/t23-/m0/s1. The highest BCUT2D eigenvalue weighted by atomic mass is 16.5. The Morgan fingerprint density at radius 2 is 1.71 bits per heavy atom. The van der Waals surface area contributed by atoms with Crippen LogP contribution in [0.1, 0.15) is 62.0 Å². The molecule has 2 aromatic heterocycles. The Labute approximate surface area is 245 Å². The number of aryl methyl sites for hydroxylation is 1. The van der Waals surface area contributed by atoms with Gasteiger partial charge in [-0.3, -0.25) is 4.79 Å². The topological polar surface area (TPSA) is 87.7 Å². The Hall–Kier alpha value is -4.72. The number of nitrogens with zero attached hydrogens (tertiary/aromatic N) is 4. The second-order valence-electron chi connectivity index (χ2n) is 10.7. The quantitative estimate of drug-likeness (QED) is 0.153. The number of esters is 1. The van der Waals surface area contributed by atoms with E-state index in [0.717, 1.165) is 44.6 Å². The summed E-state index contributed by atoms with van der Waals surface area (Å²) in [4.78, 5) is 31.4. The van der Waals surface area contributed by atoms with Crippen LogP contribution >= 0.6 is 0 Å². The number of para-hydroxylation sites is 2. The molecule has 0 radical (unpaired) electrons. The third-order valence-electron chi connectivity index (χ3n) is 7.71. The van der Waals surface area contributed by atoms with E-state index >= 15 is 0 Å². The lowest BCUT2D eigenvalue weighted by Gasteiger charge is -2.18. The first kappa shape index (κ1) is 28.8. The number of rotatable bonds is 8. The molecule has 216 valence electrons. The molecule has 0 amide bonds. The van der Waals surface area contributed by atoms with E-state index in [-0.39, 0.29) is 17.4 Å². The molecule has 8 nitrogen and oxygen atoms in total. The van der Waals surface area contributed by atoms with Crippen molar-refractivity contribution in [2.45, 2.75) is 53.5 Å². The SMILES string of the molecule is CCOc1cc(C)c(-c2nc3ccccc3c(=O)n2N=Cc2c(C)n([C@@H](C)C(=O)OC)c3ccccc23)cc1C(C)C. The molecule has 0 spiro atoms. The van der Waals surface area contributed by atoms with Crippen LogP contribution in [0, 0.1) is 13.8 Å². The second-order valence-corrected chi connectivity index (χ2v) is 10.7. The monoisotopic (exact) mass is 564 g/mol. The zero-order valence-electron chi connectivity index (χ0n) is 25.1. The van der Waals surface area contributed by atoms with E-state index in [4.69, 9.17) is 19.6 Å². The summed E-state index contributed by atoms with van der Waals surface area (Å²) in [5.74, 6) is 1.13. The Balaban J connectivity index is 1.76. The first-order chi connectivity index (χ1) is 20.2. The van der Waals surface area contributed by atoms with Gasteiger partial charge >= 0.3 is 5.97 Å². The molecule has 0 aliphatic heterocycles. The predicted octanol–water partition coefficient (Wildman–Crippen LogP) is 6.77. The Morgan fingerprint density at radius 3 is 2.40 bits per heavy atom. The van der Waals surface area contributed by atoms with Gasteiger partial charge in [0.1, 0.15) is 11.8 Å². The number of carbonyl (C=O) groups excluding carboxylic acids is 1. The van der Waals surface area contributed by atoms with Gasteiger partial charge in [0.2, 0.25) is 0 Å². The van der Waals surface area contributed by atoms with Gasteiger partial charge in [0.05, 0.1) is 30.8 Å². The van der Waals surface area contributed by atoms with Crippen LogP contribution in [0.15, 0.2) is 70.6 Å². The number of carbonyl (C=O) groups is 1. The second kappa shape index (κ2) is 11.6. The molecule has 42 heavy (non-hydrogen) atoms. The summed E-state index contributed by atoms with van der Waals surface area (Å²) in [6.07, 6.45) is 1.69. The maximum absolute atomic E-state index is 14.0. The number of ether oxygens (including phenoxy) is 2. The van der Waals surface area contributed by atoms with E-state index in [1.165, 1.54) is 11.8 Å². The minimum Gasteiger partial charge on any atom is -0.494 e. The van der Waals surface area contributed by atoms with Crippen LogP contribution in [0.2, 0.25) is 0 Å². The third kappa shape index (κ3) is 4.98. The number of hydrogen-bond acceptors (Lipinski definition) is 6. The fourth-order valence-electron chi connectivity index (χ4n) is 5.55. The zero-order chi connectivity index (χ0) is 30.1. The molecule has 0 bridgehead atoms. The van der Waals surface area contributed by atoms with Gasteiger partial charge in [-0.25, -0.2) is 9.78 Å². The summed E-state index contributed by atoms with van der Waals surface area (Å²) in [6.45, 7) is 12.5. The average molecular weight is 565 g/mol. The molecule has 5 rings (SSSR count). The predicted molar refractivity (Wildman–Crippen MR) is 168 cm³/mol. The smallest absolute Gasteiger partial charge is 0.328 e. The molecule has 5 aromatic rings. The zero-order valence-corrected chi connectivity index (χ0v) is 25.1. The molecule has 8 heteroatoms. The van der Waals surface area contributed by atoms with Crippen LogP contribution < -0.4 is 10.3 Å². The van der Waals surface area contributed by atoms with E-state index in [9.17, 15) is 9.59 Å². The largest absolute Gasteiger partial charge is 0.494 e. The van der Waals surface area contributed by atoms with Crippen molar-refractivity contribution in [2.24, 2.45) is 5.10 Å². The molecule has 2 heterocycles. The molecule has 0 unspecified atom stereocenters. The first-order valence-corrected chi connectivity index (χ1v) is 14.2. The van der Waals surface area contributed by atoms with E-state index in [0.29, 0.717) is 23.3 Å². The highest BCUT2D eigenvalue weighted by Gasteiger charge is 2.23. The van der Waals surface area contributed by atoms with Gasteiger partial charge in [0.25, 0.3) is 5.56 Å². The summed E-state index contributed by atoms with van der Waals surface area (Å²) in [7, 11) is 1.39. The number of aromatic nitrogens is 3. The van der Waals surface area contributed by atoms with Crippen molar-refractivity contribution >= 4 is 34.0 Å². The van der Waals surface area contributed by atoms with Crippen LogP contribution in [0.25, 0.3) is 33.2 Å². The first-order valence-electron chi connectivity index (χ1n) is 14.2. The van der Waals surface area contributed by atoms with Gasteiger partial charge in [-0.2, -0.15) is 9.78 Å². The van der Waals surface area contributed by atoms with Crippen molar-refractivity contribution in [1.82, 2.24) is 14.2 Å². The van der Waals surface area contributed by atoms with Gasteiger partial charge in [-0.1, -0.05) is 44.2 Å². The fraction of sp³-hybridized carbons (Fsp3) is 0.294. The molecule has 0 saturated heterocycles. The summed E-state index contributed by atoms with van der Waals surface area (Å²) in [5, 5.41) is 6.17. The number of hydrogen-bond donors (Lipinski definition) is 0. The fourth-order valence-corrected chi connectivity index (χ4v) is 5.55. The molecular weight excluding hydrogens is 528 g/mol. The lowest BCUT2D eigenvalue weighted by atomic mass is 9.96. The van der Waals surface area contributed by atoms with Gasteiger partial charge in [0, 0.05) is 27.7 Å². The summed E-state index contributed by atoms with van der Waals surface area (Å²) >= 11 is 0. The van der Waals surface area contributed by atoms with Crippen LogP contribution in [-0.4, -0.2) is 40.1 Å². The molecule has 0 aliphatic rings. The molecule has 0 saturated carbocycles. The van der Waals surface area contributed by atoms with Gasteiger partial charge in [0.15, 0.2) is 5.82 Å². The molecule has 1 atom stereocenters. The maximum atomic E-state index is 14.0. The third-order valence-corrected chi connectivity index (χ3v) is 7.71. The maximum Gasteiger partial charge on any atom is 0.328 e. The number of benzene rings is 3. The Morgan fingerprint density at radius 1 is 1.02 bits per heavy atom. The van der Waals surface area contributed by atoms with Crippen molar-refractivity contribution < 1.29 is 14.3 Å². The highest BCUT2D eigenvalue weighted by molar-refractivity contribution is 6.02. The lowest BCUT2D eigenvalue weighted by Crippen LogP contribution is -2.21. The number of methoxy groups -OCH3 is 1. The Bertz CT molecular complexity index is 1900. The molecule has 0 fully saturated rings. The van der Waals surface area contributed by atoms with Crippen LogP contribution in [0.4, 0.5) is 0 Å². The molecule has 0 N–H and O–H groups in total. The normalized spacial score (nSPS) is 12.5. The molecule has 3 aromatic carbocycles. The molecular formula is C34H36N4O4. The van der Waals surface area contributed by atoms with Gasteiger partial charge in [-0.05, 0) is 75.1 Å². The lowest BCUT2D eigenvalue weighted by molar-refractivity contribution is -0.143. The van der Waals surface area contributed by atoms with E-state index in [2.05, 4.69) is 19.9 Å². The number of fused-ring (bicyclic) bond motifs is 2. The van der Waals surface area contributed by atoms with E-state index in [1.807, 2.05) is 80.8 Å². The van der Waals surface area contributed by atoms with Gasteiger partial charge < -0.3 is 14.0 Å².